The number of hydrogen-bond donors (Lipinski definition) is 0. The van der Waals surface area contributed by atoms with E-state index in [1.807, 2.05) is 51.9 Å². The van der Waals surface area contributed by atoms with E-state index in [0.717, 1.165) is 48.8 Å². The third-order valence-corrected chi connectivity index (χ3v) is 8.01. The molecule has 0 saturated carbocycles. The molecule has 35 heavy (non-hydrogen) atoms. The van der Waals surface area contributed by atoms with Crippen molar-refractivity contribution < 1.29 is 14.3 Å². The highest BCUT2D eigenvalue weighted by Gasteiger charge is 2.49. The molecular weight excluding hydrogens is 510 g/mol. The third kappa shape index (κ3) is 3.39. The molecule has 8 nitrogen and oxygen atoms in total. The van der Waals surface area contributed by atoms with E-state index in [4.69, 9.17) is 14.5 Å². The van der Waals surface area contributed by atoms with E-state index in [9.17, 15) is 4.79 Å². The van der Waals surface area contributed by atoms with Crippen LogP contribution in [0.2, 0.25) is 0 Å². The average molecular weight is 538 g/mol. The van der Waals surface area contributed by atoms with Crippen molar-refractivity contribution in [2.24, 2.45) is 14.1 Å². The number of hydrogen-bond acceptors (Lipinski definition) is 5. The molecule has 6 rings (SSSR count). The number of halogens is 1. The molecule has 9 heteroatoms. The van der Waals surface area contributed by atoms with Crippen LogP contribution in [-0.4, -0.2) is 49.0 Å². The van der Waals surface area contributed by atoms with E-state index in [1.165, 1.54) is 0 Å². The van der Waals surface area contributed by atoms with Gasteiger partial charge in [0.15, 0.2) is 0 Å². The molecule has 1 saturated heterocycles. The van der Waals surface area contributed by atoms with Crippen LogP contribution in [0.1, 0.15) is 38.3 Å². The predicted octanol–water partition coefficient (Wildman–Crippen LogP) is 5.26. The monoisotopic (exact) mass is 537 g/mol. The van der Waals surface area contributed by atoms with Gasteiger partial charge in [-0.15, -0.1) is 0 Å². The maximum Gasteiger partial charge on any atom is 0.410 e. The van der Waals surface area contributed by atoms with Gasteiger partial charge in [-0.25, -0.2) is 9.78 Å². The number of carbonyl (C=O) groups is 1. The Labute approximate surface area is 211 Å². The van der Waals surface area contributed by atoms with Gasteiger partial charge in [0, 0.05) is 60.7 Å². The van der Waals surface area contributed by atoms with Crippen molar-refractivity contribution in [1.82, 2.24) is 24.2 Å². The summed E-state index contributed by atoms with van der Waals surface area (Å²) in [4.78, 5) is 19.5. The molecule has 1 aromatic carbocycles. The van der Waals surface area contributed by atoms with E-state index in [0.29, 0.717) is 26.1 Å². The normalized spacial score (nSPS) is 19.9. The van der Waals surface area contributed by atoms with Crippen molar-refractivity contribution in [3.05, 3.63) is 46.3 Å². The Hall–Kier alpha value is -2.91. The van der Waals surface area contributed by atoms with Gasteiger partial charge in [-0.2, -0.15) is 5.10 Å². The zero-order chi connectivity index (χ0) is 24.7. The van der Waals surface area contributed by atoms with Crippen molar-refractivity contribution >= 4 is 44.0 Å². The summed E-state index contributed by atoms with van der Waals surface area (Å²) in [6.07, 6.45) is 4.23. The van der Waals surface area contributed by atoms with Crippen molar-refractivity contribution in [2.45, 2.75) is 45.0 Å². The van der Waals surface area contributed by atoms with Crippen LogP contribution in [0.15, 0.2) is 35.2 Å². The number of fused-ring (bicyclic) bond motifs is 5. The number of carbonyl (C=O) groups excluding carboxylic acids is 1. The van der Waals surface area contributed by atoms with Gasteiger partial charge < -0.3 is 18.9 Å². The van der Waals surface area contributed by atoms with Gasteiger partial charge in [0.05, 0.1) is 29.5 Å². The standard InChI is InChI=1S/C26H28BrN5O3/c1-25(2,3)35-24(33)32-9-8-26(14-32)21-17(13-34-26)11-28-23-20(21)19(22(27)30(23)4)15-6-7-18-16(10-15)12-29-31(18)5/h6-7,10-12H,8-9,13-14H2,1-5H3. The van der Waals surface area contributed by atoms with Gasteiger partial charge in [0.2, 0.25) is 0 Å². The van der Waals surface area contributed by atoms with Crippen LogP contribution >= 0.6 is 15.9 Å². The summed E-state index contributed by atoms with van der Waals surface area (Å²) in [5.74, 6) is 0. The SMILES string of the molecule is Cn1ncc2cc(-c3c(Br)n(C)c4ncc5c(c34)C3(CCN(C(=O)OC(C)(C)C)C3)OC5)ccc21. The number of likely N-dealkylation sites (tertiary alicyclic amines) is 1. The summed E-state index contributed by atoms with van der Waals surface area (Å²) in [5, 5.41) is 6.56. The predicted molar refractivity (Wildman–Crippen MR) is 137 cm³/mol. The molecule has 2 aliphatic heterocycles. The largest absolute Gasteiger partial charge is 0.444 e. The van der Waals surface area contributed by atoms with Crippen LogP contribution < -0.4 is 0 Å². The number of benzene rings is 1. The van der Waals surface area contributed by atoms with E-state index >= 15 is 0 Å². The number of aromatic nitrogens is 4. The second kappa shape index (κ2) is 7.54. The van der Waals surface area contributed by atoms with E-state index < -0.39 is 11.2 Å². The number of ether oxygens (including phenoxy) is 2. The molecule has 0 bridgehead atoms. The maximum absolute atomic E-state index is 12.9. The molecule has 182 valence electrons. The van der Waals surface area contributed by atoms with Crippen LogP contribution in [0.25, 0.3) is 33.1 Å². The first-order valence-corrected chi connectivity index (χ1v) is 12.6. The zero-order valence-electron chi connectivity index (χ0n) is 20.6. The fourth-order valence-electron chi connectivity index (χ4n) is 5.48. The molecule has 0 radical (unpaired) electrons. The van der Waals surface area contributed by atoms with E-state index in [2.05, 4.69) is 43.8 Å². The van der Waals surface area contributed by atoms with Crippen molar-refractivity contribution in [3.63, 3.8) is 0 Å². The van der Waals surface area contributed by atoms with Gasteiger partial charge in [-0.05, 0) is 54.4 Å². The van der Waals surface area contributed by atoms with Gasteiger partial charge >= 0.3 is 6.09 Å². The number of nitrogens with zero attached hydrogens (tertiary/aromatic N) is 5. The molecule has 2 aliphatic rings. The maximum atomic E-state index is 12.9. The third-order valence-electron chi connectivity index (χ3n) is 7.08. The first-order chi connectivity index (χ1) is 16.6. The Morgan fingerprint density at radius 1 is 1.23 bits per heavy atom. The molecule has 5 heterocycles. The Bertz CT molecular complexity index is 1520. The molecule has 1 fully saturated rings. The minimum atomic E-state index is -0.582. The molecule has 0 aliphatic carbocycles. The highest BCUT2D eigenvalue weighted by atomic mass is 79.9. The lowest BCUT2D eigenvalue weighted by Gasteiger charge is -2.27. The van der Waals surface area contributed by atoms with Gasteiger partial charge in [0.1, 0.15) is 16.8 Å². The molecule has 0 N–H and O–H groups in total. The second-order valence-electron chi connectivity index (χ2n) is 10.6. The summed E-state index contributed by atoms with van der Waals surface area (Å²) in [6.45, 7) is 7.19. The molecule has 1 atom stereocenters. The Morgan fingerprint density at radius 2 is 2.03 bits per heavy atom. The average Bonchev–Trinajstić information content (AvgIpc) is 3.55. The lowest BCUT2D eigenvalue weighted by molar-refractivity contribution is -0.0320. The first kappa shape index (κ1) is 22.5. The highest BCUT2D eigenvalue weighted by molar-refractivity contribution is 9.10. The fourth-order valence-corrected chi connectivity index (χ4v) is 6.08. The first-order valence-electron chi connectivity index (χ1n) is 11.8. The summed E-state index contributed by atoms with van der Waals surface area (Å²) >= 11 is 3.85. The van der Waals surface area contributed by atoms with Crippen molar-refractivity contribution in [3.8, 4) is 11.1 Å². The van der Waals surface area contributed by atoms with Gasteiger partial charge in [-0.1, -0.05) is 6.07 Å². The second-order valence-corrected chi connectivity index (χ2v) is 11.3. The molecule has 3 aromatic heterocycles. The van der Waals surface area contributed by atoms with Gasteiger partial charge in [0.25, 0.3) is 0 Å². The zero-order valence-corrected chi connectivity index (χ0v) is 22.1. The number of amides is 1. The summed E-state index contributed by atoms with van der Waals surface area (Å²) in [7, 11) is 3.96. The van der Waals surface area contributed by atoms with E-state index in [1.54, 1.807) is 4.90 Å². The van der Waals surface area contributed by atoms with Crippen LogP contribution in [0.4, 0.5) is 4.79 Å². The van der Waals surface area contributed by atoms with E-state index in [-0.39, 0.29) is 6.09 Å². The minimum Gasteiger partial charge on any atom is -0.444 e. The highest BCUT2D eigenvalue weighted by Crippen LogP contribution is 2.50. The number of aryl methyl sites for hydroxylation is 2. The Morgan fingerprint density at radius 3 is 2.80 bits per heavy atom. The summed E-state index contributed by atoms with van der Waals surface area (Å²) < 4.78 is 17.0. The molecule has 1 amide bonds. The smallest absolute Gasteiger partial charge is 0.410 e. The molecule has 4 aromatic rings. The molecular formula is C26H28BrN5O3. The number of pyridine rings is 1. The van der Waals surface area contributed by atoms with Crippen molar-refractivity contribution in [1.29, 1.82) is 0 Å². The Kier molecular flexibility index (Phi) is 4.86. The van der Waals surface area contributed by atoms with Crippen LogP contribution in [0.3, 0.4) is 0 Å². The molecule has 1 unspecified atom stereocenters. The lowest BCUT2D eigenvalue weighted by atomic mass is 9.87. The summed E-state index contributed by atoms with van der Waals surface area (Å²) in [6, 6.07) is 6.41. The summed E-state index contributed by atoms with van der Waals surface area (Å²) in [5.41, 5.74) is 5.22. The minimum absolute atomic E-state index is 0.298. The quantitative estimate of drug-likeness (QED) is 0.331. The Balaban J connectivity index is 1.51. The lowest BCUT2D eigenvalue weighted by Crippen LogP contribution is -2.38. The molecule has 1 spiro atoms. The van der Waals surface area contributed by atoms with Crippen LogP contribution in [-0.2, 0) is 35.8 Å². The van der Waals surface area contributed by atoms with Crippen LogP contribution in [0, 0.1) is 0 Å². The topological polar surface area (TPSA) is 74.4 Å². The van der Waals surface area contributed by atoms with Crippen LogP contribution in [0.5, 0.6) is 0 Å². The van der Waals surface area contributed by atoms with Crippen molar-refractivity contribution in [2.75, 3.05) is 13.1 Å². The fraction of sp³-hybridized carbons (Fsp3) is 0.423. The number of rotatable bonds is 1. The van der Waals surface area contributed by atoms with Gasteiger partial charge in [-0.3, -0.25) is 4.68 Å².